The molecular formula is C12H10Br2N2O2S. The summed E-state index contributed by atoms with van der Waals surface area (Å²) >= 11 is 6.50. The minimum atomic E-state index is -3.65. The molecule has 1 heterocycles. The fourth-order valence-electron chi connectivity index (χ4n) is 1.50. The summed E-state index contributed by atoms with van der Waals surface area (Å²) in [5.41, 5.74) is 1.32. The molecule has 0 atom stereocenters. The fraction of sp³-hybridized carbons (Fsp3) is 0.0833. The number of anilines is 1. The van der Waals surface area contributed by atoms with Gasteiger partial charge >= 0.3 is 0 Å². The topological polar surface area (TPSA) is 59.1 Å². The van der Waals surface area contributed by atoms with Crippen molar-refractivity contribution in [2.45, 2.75) is 11.8 Å². The Morgan fingerprint density at radius 3 is 2.58 bits per heavy atom. The number of pyridine rings is 1. The van der Waals surface area contributed by atoms with Crippen LogP contribution in [0.4, 0.5) is 5.69 Å². The molecule has 2 aromatic rings. The average molecular weight is 406 g/mol. The van der Waals surface area contributed by atoms with E-state index < -0.39 is 10.0 Å². The SMILES string of the molecule is Cc1cncc(NS(=O)(=O)c2cc(Br)ccc2Br)c1. The van der Waals surface area contributed by atoms with Crippen molar-refractivity contribution in [3.05, 3.63) is 51.2 Å². The summed E-state index contributed by atoms with van der Waals surface area (Å²) in [6.07, 6.45) is 3.13. The molecule has 1 N–H and O–H groups in total. The Morgan fingerprint density at radius 1 is 1.16 bits per heavy atom. The van der Waals surface area contributed by atoms with E-state index in [2.05, 4.69) is 41.6 Å². The van der Waals surface area contributed by atoms with Crippen molar-refractivity contribution in [3.8, 4) is 0 Å². The quantitative estimate of drug-likeness (QED) is 0.846. The molecule has 0 amide bonds. The molecule has 7 heteroatoms. The maximum Gasteiger partial charge on any atom is 0.263 e. The van der Waals surface area contributed by atoms with E-state index in [0.717, 1.165) is 5.56 Å². The monoisotopic (exact) mass is 404 g/mol. The van der Waals surface area contributed by atoms with Crippen LogP contribution in [0, 0.1) is 6.92 Å². The first kappa shape index (κ1) is 14.5. The third kappa shape index (κ3) is 3.55. The zero-order valence-electron chi connectivity index (χ0n) is 9.89. The molecule has 0 aliphatic carbocycles. The molecule has 0 aliphatic rings. The maximum atomic E-state index is 12.3. The summed E-state index contributed by atoms with van der Waals surface area (Å²) in [7, 11) is -3.65. The maximum absolute atomic E-state index is 12.3. The molecule has 0 bridgehead atoms. The average Bonchev–Trinajstić information content (AvgIpc) is 2.31. The van der Waals surface area contributed by atoms with Crippen LogP contribution in [0.1, 0.15) is 5.56 Å². The molecule has 0 saturated carbocycles. The van der Waals surface area contributed by atoms with Gasteiger partial charge in [0.05, 0.1) is 11.9 Å². The standard InChI is InChI=1S/C12H10Br2N2O2S/c1-8-4-10(7-15-6-8)16-19(17,18)12-5-9(13)2-3-11(12)14/h2-7,16H,1H3. The molecule has 0 saturated heterocycles. The third-order valence-corrected chi connectivity index (χ3v) is 5.18. The van der Waals surface area contributed by atoms with Crippen molar-refractivity contribution in [1.82, 2.24) is 4.98 Å². The molecule has 4 nitrogen and oxygen atoms in total. The van der Waals surface area contributed by atoms with Gasteiger partial charge in [-0.15, -0.1) is 0 Å². The number of rotatable bonds is 3. The van der Waals surface area contributed by atoms with Crippen molar-refractivity contribution >= 4 is 47.6 Å². The first-order valence-electron chi connectivity index (χ1n) is 5.28. The van der Waals surface area contributed by atoms with Gasteiger partial charge in [0, 0.05) is 15.1 Å². The number of benzene rings is 1. The summed E-state index contributed by atoms with van der Waals surface area (Å²) in [5, 5.41) is 0. The number of aromatic nitrogens is 1. The molecule has 0 aliphatic heterocycles. The Morgan fingerprint density at radius 2 is 1.89 bits per heavy atom. The van der Waals surface area contributed by atoms with Crippen LogP contribution in [-0.4, -0.2) is 13.4 Å². The van der Waals surface area contributed by atoms with Crippen molar-refractivity contribution in [1.29, 1.82) is 0 Å². The zero-order valence-corrected chi connectivity index (χ0v) is 13.9. The predicted molar refractivity (Wildman–Crippen MR) is 81.6 cm³/mol. The number of nitrogens with one attached hydrogen (secondary N) is 1. The first-order valence-corrected chi connectivity index (χ1v) is 8.35. The lowest BCUT2D eigenvalue weighted by Crippen LogP contribution is -2.13. The Balaban J connectivity index is 2.40. The minimum absolute atomic E-state index is 0.170. The highest BCUT2D eigenvalue weighted by atomic mass is 79.9. The predicted octanol–water partition coefficient (Wildman–Crippen LogP) is 3.72. The summed E-state index contributed by atoms with van der Waals surface area (Å²) in [6.45, 7) is 1.85. The van der Waals surface area contributed by atoms with E-state index in [1.807, 2.05) is 6.92 Å². The second kappa shape index (κ2) is 5.60. The smallest absolute Gasteiger partial charge is 0.263 e. The molecule has 0 fully saturated rings. The Labute approximate surface area is 128 Å². The van der Waals surface area contributed by atoms with Crippen LogP contribution in [0.25, 0.3) is 0 Å². The third-order valence-electron chi connectivity index (χ3n) is 2.31. The van der Waals surface area contributed by atoms with Gasteiger partial charge < -0.3 is 0 Å². The number of sulfonamides is 1. The van der Waals surface area contributed by atoms with E-state index in [0.29, 0.717) is 14.6 Å². The van der Waals surface area contributed by atoms with E-state index in [1.165, 1.54) is 12.3 Å². The molecule has 1 aromatic carbocycles. The van der Waals surface area contributed by atoms with Crippen molar-refractivity contribution in [3.63, 3.8) is 0 Å². The molecule has 0 radical (unpaired) electrons. The van der Waals surface area contributed by atoms with E-state index >= 15 is 0 Å². The van der Waals surface area contributed by atoms with E-state index in [1.54, 1.807) is 24.4 Å². The minimum Gasteiger partial charge on any atom is -0.278 e. The van der Waals surface area contributed by atoms with E-state index in [9.17, 15) is 8.42 Å². The number of hydrogen-bond donors (Lipinski definition) is 1. The molecular weight excluding hydrogens is 396 g/mol. The van der Waals surface area contributed by atoms with Gasteiger partial charge in [-0.2, -0.15) is 0 Å². The number of aryl methyl sites for hydroxylation is 1. The normalized spacial score (nSPS) is 11.3. The Hall–Kier alpha value is -0.920. The van der Waals surface area contributed by atoms with Gasteiger partial charge in [0.25, 0.3) is 10.0 Å². The fourth-order valence-corrected chi connectivity index (χ4v) is 4.04. The van der Waals surface area contributed by atoms with Gasteiger partial charge in [0.2, 0.25) is 0 Å². The molecule has 100 valence electrons. The van der Waals surface area contributed by atoms with Crippen molar-refractivity contribution < 1.29 is 8.42 Å². The Bertz CT molecular complexity index is 717. The summed E-state index contributed by atoms with van der Waals surface area (Å²) < 4.78 is 28.3. The second-order valence-corrected chi connectivity index (χ2v) is 7.35. The highest BCUT2D eigenvalue weighted by molar-refractivity contribution is 9.11. The van der Waals surface area contributed by atoms with Gasteiger partial charge in [-0.05, 0) is 52.7 Å². The number of halogens is 2. The van der Waals surface area contributed by atoms with Crippen LogP contribution in [0.3, 0.4) is 0 Å². The van der Waals surface area contributed by atoms with Gasteiger partial charge in [0.1, 0.15) is 4.90 Å². The van der Waals surface area contributed by atoms with Crippen LogP contribution in [-0.2, 0) is 10.0 Å². The van der Waals surface area contributed by atoms with Crippen molar-refractivity contribution in [2.24, 2.45) is 0 Å². The largest absolute Gasteiger partial charge is 0.278 e. The van der Waals surface area contributed by atoms with Crippen LogP contribution < -0.4 is 4.72 Å². The van der Waals surface area contributed by atoms with Gasteiger partial charge in [-0.1, -0.05) is 15.9 Å². The lowest BCUT2D eigenvalue weighted by Gasteiger charge is -2.10. The first-order chi connectivity index (χ1) is 8.88. The van der Waals surface area contributed by atoms with Gasteiger partial charge in [-0.25, -0.2) is 8.42 Å². The second-order valence-electron chi connectivity index (χ2n) is 3.93. The lowest BCUT2D eigenvalue weighted by molar-refractivity contribution is 0.600. The van der Waals surface area contributed by atoms with Crippen LogP contribution in [0.2, 0.25) is 0 Å². The van der Waals surface area contributed by atoms with Crippen LogP contribution in [0.15, 0.2) is 50.5 Å². The molecule has 2 rings (SSSR count). The van der Waals surface area contributed by atoms with Gasteiger partial charge in [-0.3, -0.25) is 9.71 Å². The molecule has 19 heavy (non-hydrogen) atoms. The summed E-state index contributed by atoms with van der Waals surface area (Å²) in [5.74, 6) is 0. The molecule has 1 aromatic heterocycles. The molecule has 0 spiro atoms. The van der Waals surface area contributed by atoms with E-state index in [4.69, 9.17) is 0 Å². The Kier molecular flexibility index (Phi) is 4.27. The van der Waals surface area contributed by atoms with E-state index in [-0.39, 0.29) is 4.90 Å². The lowest BCUT2D eigenvalue weighted by atomic mass is 10.3. The number of nitrogens with zero attached hydrogens (tertiary/aromatic N) is 1. The van der Waals surface area contributed by atoms with Crippen molar-refractivity contribution in [2.75, 3.05) is 4.72 Å². The van der Waals surface area contributed by atoms with Crippen LogP contribution >= 0.6 is 31.9 Å². The molecule has 0 unspecified atom stereocenters. The summed E-state index contributed by atoms with van der Waals surface area (Å²) in [4.78, 5) is 4.12. The zero-order chi connectivity index (χ0) is 14.0. The van der Waals surface area contributed by atoms with Gasteiger partial charge in [0.15, 0.2) is 0 Å². The summed E-state index contributed by atoms with van der Waals surface area (Å²) in [6, 6.07) is 6.69. The highest BCUT2D eigenvalue weighted by Gasteiger charge is 2.18. The number of hydrogen-bond acceptors (Lipinski definition) is 3. The highest BCUT2D eigenvalue weighted by Crippen LogP contribution is 2.27. The van der Waals surface area contributed by atoms with Crippen LogP contribution in [0.5, 0.6) is 0 Å².